The second-order valence-electron chi connectivity index (χ2n) is 6.10. The number of methoxy groups -OCH3 is 1. The normalized spacial score (nSPS) is 11.8. The zero-order valence-electron chi connectivity index (χ0n) is 15.3. The van der Waals surface area contributed by atoms with E-state index in [0.717, 1.165) is 11.0 Å². The highest BCUT2D eigenvalue weighted by Gasteiger charge is 2.16. The summed E-state index contributed by atoms with van der Waals surface area (Å²) < 4.78 is 6.94. The van der Waals surface area contributed by atoms with Gasteiger partial charge in [-0.2, -0.15) is 0 Å². The number of nitrogens with one attached hydrogen (secondary N) is 2. The number of rotatable bonds is 7. The lowest BCUT2D eigenvalue weighted by molar-refractivity contribution is -0.123. The van der Waals surface area contributed by atoms with Crippen molar-refractivity contribution in [1.29, 1.82) is 0 Å². The highest BCUT2D eigenvalue weighted by atomic mass is 16.5. The second kappa shape index (κ2) is 8.35. The summed E-state index contributed by atoms with van der Waals surface area (Å²) in [5, 5.41) is 5.62. The first-order valence-corrected chi connectivity index (χ1v) is 8.71. The molecule has 3 rings (SSSR count). The number of carbonyl (C=O) groups is 2. The fourth-order valence-electron chi connectivity index (χ4n) is 2.79. The molecule has 0 radical (unpaired) electrons. The van der Waals surface area contributed by atoms with Crippen LogP contribution in [0.4, 0.5) is 0 Å². The molecule has 1 aromatic heterocycles. The summed E-state index contributed by atoms with van der Waals surface area (Å²) in [7, 11) is 1.55. The number of amides is 2. The van der Waals surface area contributed by atoms with E-state index in [9.17, 15) is 9.59 Å². The lowest BCUT2D eigenvalue weighted by atomic mass is 10.2. The zero-order valence-corrected chi connectivity index (χ0v) is 15.3. The summed E-state index contributed by atoms with van der Waals surface area (Å²) in [6.45, 7) is 2.49. The quantitative estimate of drug-likeness (QED) is 0.628. The number of hydrogen-bond donors (Lipinski definition) is 2. The van der Waals surface area contributed by atoms with Crippen molar-refractivity contribution in [3.05, 3.63) is 60.4 Å². The maximum absolute atomic E-state index is 12.4. The number of para-hydroxylation sites is 2. The Kier molecular flexibility index (Phi) is 5.71. The molecule has 0 bridgehead atoms. The van der Waals surface area contributed by atoms with E-state index >= 15 is 0 Å². The van der Waals surface area contributed by atoms with Crippen LogP contribution in [-0.4, -0.2) is 41.6 Å². The van der Waals surface area contributed by atoms with Gasteiger partial charge in [-0.25, -0.2) is 4.98 Å². The van der Waals surface area contributed by atoms with Crippen LogP contribution >= 0.6 is 0 Å². The molecule has 0 saturated heterocycles. The number of ether oxygens (including phenoxy) is 1. The van der Waals surface area contributed by atoms with Crippen LogP contribution in [0.1, 0.15) is 23.3 Å². The lowest BCUT2D eigenvalue weighted by Gasteiger charge is -2.15. The fraction of sp³-hybridized carbons (Fsp3) is 0.250. The smallest absolute Gasteiger partial charge is 0.251 e. The number of carbonyl (C=O) groups excluding carboxylic acids is 2. The molecular weight excluding hydrogens is 344 g/mol. The monoisotopic (exact) mass is 366 g/mol. The average Bonchev–Trinajstić information content (AvgIpc) is 3.14. The van der Waals surface area contributed by atoms with Crippen LogP contribution in [0.25, 0.3) is 11.0 Å². The van der Waals surface area contributed by atoms with Gasteiger partial charge in [0.15, 0.2) is 0 Å². The van der Waals surface area contributed by atoms with Gasteiger partial charge in [0, 0.05) is 18.7 Å². The van der Waals surface area contributed by atoms with Gasteiger partial charge in [-0.1, -0.05) is 18.2 Å². The Morgan fingerprint density at radius 3 is 2.70 bits per heavy atom. The predicted octanol–water partition coefficient (Wildman–Crippen LogP) is 2.15. The zero-order chi connectivity index (χ0) is 19.2. The molecule has 2 aromatic carbocycles. The van der Waals surface area contributed by atoms with Crippen molar-refractivity contribution in [1.82, 2.24) is 20.2 Å². The van der Waals surface area contributed by atoms with Crippen LogP contribution in [0.5, 0.6) is 5.75 Å². The SMILES string of the molecule is COc1cccc(C(=O)NCCNC(=O)C(C)n2cnc3ccccc32)c1. The van der Waals surface area contributed by atoms with Crippen molar-refractivity contribution in [2.24, 2.45) is 0 Å². The standard InChI is InChI=1S/C20H22N4O3/c1-14(24-13-23-17-8-3-4-9-18(17)24)19(25)21-10-11-22-20(26)15-6-5-7-16(12-15)27-2/h3-9,12-14H,10-11H2,1-2H3,(H,21,25)(H,22,26). The molecule has 140 valence electrons. The van der Waals surface area contributed by atoms with Gasteiger partial charge < -0.3 is 19.9 Å². The molecule has 1 heterocycles. The summed E-state index contributed by atoms with van der Waals surface area (Å²) in [5.74, 6) is 0.280. The van der Waals surface area contributed by atoms with E-state index in [1.54, 1.807) is 37.7 Å². The van der Waals surface area contributed by atoms with E-state index in [1.165, 1.54) is 0 Å². The Morgan fingerprint density at radius 2 is 1.89 bits per heavy atom. The van der Waals surface area contributed by atoms with Gasteiger partial charge in [0.2, 0.25) is 5.91 Å². The van der Waals surface area contributed by atoms with E-state index in [4.69, 9.17) is 4.74 Å². The third-order valence-electron chi connectivity index (χ3n) is 4.32. The molecule has 7 heteroatoms. The topological polar surface area (TPSA) is 85.3 Å². The molecule has 1 atom stereocenters. The Labute approximate surface area is 157 Å². The number of nitrogens with zero attached hydrogens (tertiary/aromatic N) is 2. The number of imidazole rings is 1. The lowest BCUT2D eigenvalue weighted by Crippen LogP contribution is -2.37. The number of benzene rings is 2. The van der Waals surface area contributed by atoms with Gasteiger partial charge in [-0.15, -0.1) is 0 Å². The highest BCUT2D eigenvalue weighted by molar-refractivity contribution is 5.94. The number of fused-ring (bicyclic) bond motifs is 1. The largest absolute Gasteiger partial charge is 0.497 e. The molecule has 2 N–H and O–H groups in total. The van der Waals surface area contributed by atoms with Crippen LogP contribution in [-0.2, 0) is 4.79 Å². The first-order valence-electron chi connectivity index (χ1n) is 8.71. The molecule has 0 spiro atoms. The third-order valence-corrected chi connectivity index (χ3v) is 4.32. The molecule has 3 aromatic rings. The maximum Gasteiger partial charge on any atom is 0.251 e. The van der Waals surface area contributed by atoms with Crippen LogP contribution in [0.3, 0.4) is 0 Å². The Hall–Kier alpha value is -3.35. The Balaban J connectivity index is 1.50. The van der Waals surface area contributed by atoms with Gasteiger partial charge in [0.1, 0.15) is 11.8 Å². The van der Waals surface area contributed by atoms with Gasteiger partial charge in [0.05, 0.1) is 24.5 Å². The minimum atomic E-state index is -0.397. The molecular formula is C20H22N4O3. The average molecular weight is 366 g/mol. The summed E-state index contributed by atoms with van der Waals surface area (Å²) >= 11 is 0. The fourth-order valence-corrected chi connectivity index (χ4v) is 2.79. The molecule has 0 aliphatic carbocycles. The maximum atomic E-state index is 12.4. The molecule has 1 unspecified atom stereocenters. The minimum Gasteiger partial charge on any atom is -0.497 e. The van der Waals surface area contributed by atoms with Crippen molar-refractivity contribution in [2.75, 3.05) is 20.2 Å². The van der Waals surface area contributed by atoms with E-state index in [1.807, 2.05) is 35.8 Å². The summed E-state index contributed by atoms with van der Waals surface area (Å²) in [6.07, 6.45) is 1.67. The van der Waals surface area contributed by atoms with E-state index in [2.05, 4.69) is 15.6 Å². The summed E-state index contributed by atoms with van der Waals surface area (Å²) in [5.41, 5.74) is 2.27. The Bertz CT molecular complexity index is 951. The summed E-state index contributed by atoms with van der Waals surface area (Å²) in [4.78, 5) is 28.8. The highest BCUT2D eigenvalue weighted by Crippen LogP contribution is 2.17. The predicted molar refractivity (Wildman–Crippen MR) is 103 cm³/mol. The van der Waals surface area contributed by atoms with Crippen molar-refractivity contribution in [3.8, 4) is 5.75 Å². The molecule has 0 saturated carbocycles. The molecule has 0 aliphatic rings. The van der Waals surface area contributed by atoms with E-state index in [-0.39, 0.29) is 11.8 Å². The van der Waals surface area contributed by atoms with Gasteiger partial charge >= 0.3 is 0 Å². The van der Waals surface area contributed by atoms with Crippen LogP contribution in [0, 0.1) is 0 Å². The first-order chi connectivity index (χ1) is 13.1. The van der Waals surface area contributed by atoms with E-state index in [0.29, 0.717) is 24.4 Å². The third kappa shape index (κ3) is 4.25. The molecule has 0 aliphatic heterocycles. The molecule has 27 heavy (non-hydrogen) atoms. The molecule has 0 fully saturated rings. The van der Waals surface area contributed by atoms with Crippen LogP contribution < -0.4 is 15.4 Å². The number of aromatic nitrogens is 2. The van der Waals surface area contributed by atoms with Gasteiger partial charge in [-0.3, -0.25) is 9.59 Å². The van der Waals surface area contributed by atoms with Crippen LogP contribution in [0.2, 0.25) is 0 Å². The van der Waals surface area contributed by atoms with Gasteiger partial charge in [-0.05, 0) is 37.3 Å². The van der Waals surface area contributed by atoms with Crippen molar-refractivity contribution >= 4 is 22.8 Å². The van der Waals surface area contributed by atoms with Crippen molar-refractivity contribution in [2.45, 2.75) is 13.0 Å². The van der Waals surface area contributed by atoms with Crippen LogP contribution in [0.15, 0.2) is 54.9 Å². The summed E-state index contributed by atoms with van der Waals surface area (Å²) in [6, 6.07) is 14.2. The molecule has 7 nitrogen and oxygen atoms in total. The molecule has 2 amide bonds. The van der Waals surface area contributed by atoms with Gasteiger partial charge in [0.25, 0.3) is 5.91 Å². The first kappa shape index (κ1) is 18.4. The van der Waals surface area contributed by atoms with Crippen molar-refractivity contribution < 1.29 is 14.3 Å². The Morgan fingerprint density at radius 1 is 1.11 bits per heavy atom. The van der Waals surface area contributed by atoms with E-state index < -0.39 is 6.04 Å². The van der Waals surface area contributed by atoms with Crippen molar-refractivity contribution in [3.63, 3.8) is 0 Å². The second-order valence-corrected chi connectivity index (χ2v) is 6.10. The minimum absolute atomic E-state index is 0.131. The number of hydrogen-bond acceptors (Lipinski definition) is 4.